The molecule has 0 saturated carbocycles. The second-order valence-electron chi connectivity index (χ2n) is 15.8. The van der Waals surface area contributed by atoms with E-state index in [1.54, 1.807) is 0 Å². The summed E-state index contributed by atoms with van der Waals surface area (Å²) < 4.78 is 6.63. The number of fused-ring (bicyclic) bond motifs is 9. The van der Waals surface area contributed by atoms with Crippen LogP contribution in [0.15, 0.2) is 219 Å². The van der Waals surface area contributed by atoms with Gasteiger partial charge in [-0.05, 0) is 86.5 Å². The lowest BCUT2D eigenvalue weighted by Crippen LogP contribution is -2.32. The average molecular weight is 793 g/mol. The van der Waals surface area contributed by atoms with Gasteiger partial charge in [-0.15, -0.1) is 0 Å². The first-order chi connectivity index (χ1) is 30.7. The van der Waals surface area contributed by atoms with Gasteiger partial charge in [-0.1, -0.05) is 170 Å². The molecule has 3 heterocycles. The van der Waals surface area contributed by atoms with Crippen LogP contribution in [0.25, 0.3) is 78.7 Å². The zero-order chi connectivity index (χ0) is 41.0. The molecule has 5 nitrogen and oxygen atoms in total. The lowest BCUT2D eigenvalue weighted by molar-refractivity contribution is 0.436. The highest BCUT2D eigenvalue weighted by Gasteiger charge is 2.51. The third-order valence-electron chi connectivity index (χ3n) is 12.3. The lowest BCUT2D eigenvalue weighted by Gasteiger charge is -2.39. The van der Waals surface area contributed by atoms with Crippen molar-refractivity contribution in [3.63, 3.8) is 0 Å². The first-order valence-electron chi connectivity index (χ1n) is 20.9. The molecule has 5 heteroatoms. The maximum Gasteiger partial charge on any atom is 0.164 e. The van der Waals surface area contributed by atoms with Crippen LogP contribution in [0, 0.1) is 0 Å². The van der Waals surface area contributed by atoms with Crippen molar-refractivity contribution in [2.24, 2.45) is 0 Å². The number of ether oxygens (including phenoxy) is 1. The van der Waals surface area contributed by atoms with E-state index in [0.717, 1.165) is 72.7 Å². The zero-order valence-electron chi connectivity index (χ0n) is 33.5. The van der Waals surface area contributed by atoms with Crippen LogP contribution < -0.4 is 4.74 Å². The van der Waals surface area contributed by atoms with Crippen molar-refractivity contribution in [1.82, 2.24) is 19.9 Å². The lowest BCUT2D eigenvalue weighted by atomic mass is 9.66. The molecule has 0 amide bonds. The van der Waals surface area contributed by atoms with Gasteiger partial charge in [0.2, 0.25) is 0 Å². The maximum atomic E-state index is 6.63. The van der Waals surface area contributed by atoms with Gasteiger partial charge in [0.05, 0.1) is 5.41 Å². The van der Waals surface area contributed by atoms with Crippen LogP contribution in [0.1, 0.15) is 22.3 Å². The molecular formula is C57H36N4O. The summed E-state index contributed by atoms with van der Waals surface area (Å²) in [6.07, 6.45) is 3.74. The smallest absolute Gasteiger partial charge is 0.164 e. The van der Waals surface area contributed by atoms with Crippen LogP contribution in [0.5, 0.6) is 11.5 Å². The molecule has 2 aliphatic rings. The average Bonchev–Trinajstić information content (AvgIpc) is 3.64. The van der Waals surface area contributed by atoms with E-state index in [-0.39, 0.29) is 0 Å². The molecule has 0 atom stereocenters. The predicted octanol–water partition coefficient (Wildman–Crippen LogP) is 13.7. The van der Waals surface area contributed by atoms with Crippen molar-refractivity contribution in [2.45, 2.75) is 5.41 Å². The predicted molar refractivity (Wildman–Crippen MR) is 248 cm³/mol. The van der Waals surface area contributed by atoms with Crippen molar-refractivity contribution in [3.8, 4) is 90.2 Å². The maximum absolute atomic E-state index is 6.63. The summed E-state index contributed by atoms with van der Waals surface area (Å²) in [5.74, 6) is 3.67. The fourth-order valence-corrected chi connectivity index (χ4v) is 9.43. The number of pyridine rings is 1. The zero-order valence-corrected chi connectivity index (χ0v) is 33.5. The normalized spacial score (nSPS) is 12.8. The van der Waals surface area contributed by atoms with Gasteiger partial charge in [-0.3, -0.25) is 4.98 Å². The minimum atomic E-state index is -0.569. The molecule has 1 aliphatic carbocycles. The summed E-state index contributed by atoms with van der Waals surface area (Å²) in [6.45, 7) is 0. The van der Waals surface area contributed by atoms with Crippen LogP contribution in [-0.2, 0) is 5.41 Å². The number of hydrogen-bond acceptors (Lipinski definition) is 5. The quantitative estimate of drug-likeness (QED) is 0.168. The molecule has 12 rings (SSSR count). The van der Waals surface area contributed by atoms with Crippen molar-refractivity contribution < 1.29 is 4.74 Å². The van der Waals surface area contributed by atoms with Crippen LogP contribution in [0.2, 0.25) is 0 Å². The van der Waals surface area contributed by atoms with Gasteiger partial charge in [0.15, 0.2) is 17.5 Å². The van der Waals surface area contributed by atoms with E-state index in [1.807, 2.05) is 79.1 Å². The van der Waals surface area contributed by atoms with Gasteiger partial charge in [-0.25, -0.2) is 15.0 Å². The Balaban J connectivity index is 1.00. The van der Waals surface area contributed by atoms with E-state index in [0.29, 0.717) is 17.5 Å². The van der Waals surface area contributed by atoms with Gasteiger partial charge in [0, 0.05) is 45.8 Å². The van der Waals surface area contributed by atoms with Gasteiger partial charge in [-0.2, -0.15) is 0 Å². The van der Waals surface area contributed by atoms with Gasteiger partial charge >= 0.3 is 0 Å². The second-order valence-corrected chi connectivity index (χ2v) is 15.8. The molecule has 2 aromatic heterocycles. The van der Waals surface area contributed by atoms with Crippen LogP contribution >= 0.6 is 0 Å². The first kappa shape index (κ1) is 35.6. The molecule has 1 spiro atoms. The van der Waals surface area contributed by atoms with Gasteiger partial charge in [0.1, 0.15) is 11.5 Å². The Morgan fingerprint density at radius 1 is 0.306 bits per heavy atom. The highest BCUT2D eigenvalue weighted by Crippen LogP contribution is 2.62. The molecule has 0 saturated heterocycles. The summed E-state index contributed by atoms with van der Waals surface area (Å²) in [5, 5.41) is 0. The third-order valence-corrected chi connectivity index (χ3v) is 12.3. The third kappa shape index (κ3) is 5.78. The molecule has 1 aliphatic heterocycles. The Bertz CT molecular complexity index is 3210. The molecule has 8 aromatic carbocycles. The summed E-state index contributed by atoms with van der Waals surface area (Å²) in [4.78, 5) is 19.2. The van der Waals surface area contributed by atoms with Crippen LogP contribution in [-0.4, -0.2) is 19.9 Å². The molecule has 0 N–H and O–H groups in total. The molecule has 0 radical (unpaired) electrons. The Morgan fingerprint density at radius 3 is 1.27 bits per heavy atom. The minimum Gasteiger partial charge on any atom is -0.457 e. The molecule has 0 bridgehead atoms. The monoisotopic (exact) mass is 792 g/mol. The number of hydrogen-bond donors (Lipinski definition) is 0. The Morgan fingerprint density at radius 2 is 0.726 bits per heavy atom. The topological polar surface area (TPSA) is 60.8 Å². The van der Waals surface area contributed by atoms with E-state index in [1.165, 1.54) is 22.3 Å². The molecule has 10 aromatic rings. The van der Waals surface area contributed by atoms with Crippen molar-refractivity contribution in [2.75, 3.05) is 0 Å². The highest BCUT2D eigenvalue weighted by molar-refractivity contribution is 5.93. The summed E-state index contributed by atoms with van der Waals surface area (Å²) in [5.41, 5.74) is 16.2. The molecule has 0 fully saturated rings. The van der Waals surface area contributed by atoms with Crippen LogP contribution in [0.3, 0.4) is 0 Å². The Hall–Kier alpha value is -8.28. The van der Waals surface area contributed by atoms with Crippen LogP contribution in [0.4, 0.5) is 0 Å². The molecular weight excluding hydrogens is 757 g/mol. The number of benzene rings is 8. The Kier molecular flexibility index (Phi) is 8.32. The van der Waals surface area contributed by atoms with Crippen molar-refractivity contribution in [3.05, 3.63) is 241 Å². The van der Waals surface area contributed by atoms with E-state index in [4.69, 9.17) is 19.7 Å². The van der Waals surface area contributed by atoms with E-state index in [2.05, 4.69) is 145 Å². The van der Waals surface area contributed by atoms with E-state index < -0.39 is 5.41 Å². The second kappa shape index (κ2) is 14.5. The fraction of sp³-hybridized carbons (Fsp3) is 0.0175. The number of rotatable bonds is 6. The SMILES string of the molecule is c1ccc(-c2nc(-c3ccccc3)nc(-c3ccc(-c4ccc5c(c4)-c4cc(-c6cccc(-c7cccnc7)c6)ccc4C54c5ccccc5Oc5ccccc54)cc3)n2)cc1. The largest absolute Gasteiger partial charge is 0.457 e. The van der Waals surface area contributed by atoms with Crippen molar-refractivity contribution >= 4 is 0 Å². The highest BCUT2D eigenvalue weighted by atomic mass is 16.5. The van der Waals surface area contributed by atoms with Gasteiger partial charge in [0.25, 0.3) is 0 Å². The van der Waals surface area contributed by atoms with Crippen molar-refractivity contribution in [1.29, 1.82) is 0 Å². The summed E-state index contributed by atoms with van der Waals surface area (Å²) in [6, 6.07) is 72.6. The molecule has 290 valence electrons. The van der Waals surface area contributed by atoms with E-state index >= 15 is 0 Å². The number of aromatic nitrogens is 4. The van der Waals surface area contributed by atoms with E-state index in [9.17, 15) is 0 Å². The number of nitrogens with zero attached hydrogens (tertiary/aromatic N) is 4. The molecule has 0 unspecified atom stereocenters. The molecule has 62 heavy (non-hydrogen) atoms. The van der Waals surface area contributed by atoms with Gasteiger partial charge < -0.3 is 4.74 Å². The standard InChI is InChI=1S/C57H36N4O/c1-3-13-38(14-4-1)54-59-55(39-15-5-2-6-16-39)61-56(60-54)40-26-24-37(25-27-40)43-28-30-48-46(34-43)47-35-44(41-17-11-18-42(33-41)45-19-12-32-58-36-45)29-31-49(47)57(48)50-20-7-9-22-52(50)62-53-23-10-8-21-51(53)57/h1-36H. The minimum absolute atomic E-state index is 0.569. The summed E-state index contributed by atoms with van der Waals surface area (Å²) >= 11 is 0. The fourth-order valence-electron chi connectivity index (χ4n) is 9.43. The first-order valence-corrected chi connectivity index (χ1v) is 20.9. The summed E-state index contributed by atoms with van der Waals surface area (Å²) in [7, 11) is 0. The Labute approximate surface area is 359 Å². The number of para-hydroxylation sites is 2.